The molecule has 1 saturated carbocycles. The van der Waals surface area contributed by atoms with E-state index < -0.39 is 0 Å². The van der Waals surface area contributed by atoms with E-state index in [9.17, 15) is 4.79 Å². The first-order chi connectivity index (χ1) is 9.70. The standard InChI is InChI=1S/C16H21ClO3/c1-19-16(18)12-9-10-15(14(17)11-12)20-13-7-5-3-2-4-6-8-13/h9-11,13H,2-8H2,1H3. The normalized spacial score (nSPS) is 17.1. The summed E-state index contributed by atoms with van der Waals surface area (Å²) in [5, 5.41) is 0.468. The summed E-state index contributed by atoms with van der Waals surface area (Å²) in [7, 11) is 1.36. The first-order valence-corrected chi connectivity index (χ1v) is 7.63. The Hall–Kier alpha value is -1.22. The topological polar surface area (TPSA) is 35.5 Å². The number of esters is 1. The molecule has 0 heterocycles. The van der Waals surface area contributed by atoms with Crippen molar-refractivity contribution in [3.8, 4) is 5.75 Å². The highest BCUT2D eigenvalue weighted by Crippen LogP contribution is 2.29. The number of halogens is 1. The fraction of sp³-hybridized carbons (Fsp3) is 0.562. The van der Waals surface area contributed by atoms with Crippen LogP contribution in [0.3, 0.4) is 0 Å². The van der Waals surface area contributed by atoms with Gasteiger partial charge in [0.25, 0.3) is 0 Å². The van der Waals surface area contributed by atoms with Crippen LogP contribution in [-0.4, -0.2) is 19.2 Å². The lowest BCUT2D eigenvalue weighted by Crippen LogP contribution is -2.18. The minimum Gasteiger partial charge on any atom is -0.489 e. The molecule has 1 aromatic carbocycles. The lowest BCUT2D eigenvalue weighted by Gasteiger charge is -2.22. The van der Waals surface area contributed by atoms with Crippen LogP contribution in [0.5, 0.6) is 5.75 Å². The predicted octanol–water partition coefficient (Wildman–Crippen LogP) is 4.62. The summed E-state index contributed by atoms with van der Waals surface area (Å²) in [4.78, 5) is 11.4. The summed E-state index contributed by atoms with van der Waals surface area (Å²) >= 11 is 6.19. The maximum Gasteiger partial charge on any atom is 0.337 e. The average molecular weight is 297 g/mol. The summed E-state index contributed by atoms with van der Waals surface area (Å²) in [6.45, 7) is 0. The van der Waals surface area contributed by atoms with Gasteiger partial charge in [-0.05, 0) is 43.9 Å². The van der Waals surface area contributed by atoms with Gasteiger partial charge in [-0.3, -0.25) is 0 Å². The second-order valence-corrected chi connectivity index (χ2v) is 5.63. The van der Waals surface area contributed by atoms with Crippen LogP contribution in [0.4, 0.5) is 0 Å². The van der Waals surface area contributed by atoms with Crippen LogP contribution in [0.2, 0.25) is 5.02 Å². The van der Waals surface area contributed by atoms with E-state index in [1.54, 1.807) is 18.2 Å². The van der Waals surface area contributed by atoms with Gasteiger partial charge in [0.15, 0.2) is 0 Å². The number of hydrogen-bond donors (Lipinski definition) is 0. The SMILES string of the molecule is COC(=O)c1ccc(OC2CCCCCCC2)c(Cl)c1. The lowest BCUT2D eigenvalue weighted by atomic mass is 9.98. The molecule has 1 fully saturated rings. The van der Waals surface area contributed by atoms with Crippen LogP contribution >= 0.6 is 11.6 Å². The van der Waals surface area contributed by atoms with E-state index in [1.165, 1.54) is 39.2 Å². The van der Waals surface area contributed by atoms with Crippen molar-refractivity contribution in [2.75, 3.05) is 7.11 Å². The Morgan fingerprint density at radius 2 is 1.80 bits per heavy atom. The van der Waals surface area contributed by atoms with Gasteiger partial charge in [0.1, 0.15) is 5.75 Å². The zero-order chi connectivity index (χ0) is 14.4. The second-order valence-electron chi connectivity index (χ2n) is 5.22. The third-order valence-corrected chi connectivity index (χ3v) is 3.99. The van der Waals surface area contributed by atoms with Crippen molar-refractivity contribution in [1.29, 1.82) is 0 Å². The molecule has 1 aliphatic rings. The maximum atomic E-state index is 11.4. The van der Waals surface area contributed by atoms with Crippen LogP contribution in [0, 0.1) is 0 Å². The van der Waals surface area contributed by atoms with Crippen LogP contribution in [-0.2, 0) is 4.74 Å². The molecular weight excluding hydrogens is 276 g/mol. The Labute approximate surface area is 125 Å². The molecule has 0 aliphatic heterocycles. The van der Waals surface area contributed by atoms with Crippen molar-refractivity contribution < 1.29 is 14.3 Å². The summed E-state index contributed by atoms with van der Waals surface area (Å²) in [6.07, 6.45) is 8.72. The molecule has 0 spiro atoms. The fourth-order valence-electron chi connectivity index (χ4n) is 2.56. The third-order valence-electron chi connectivity index (χ3n) is 3.70. The molecule has 20 heavy (non-hydrogen) atoms. The number of carbonyl (C=O) groups excluding carboxylic acids is 1. The van der Waals surface area contributed by atoms with Crippen molar-refractivity contribution in [2.24, 2.45) is 0 Å². The fourth-order valence-corrected chi connectivity index (χ4v) is 2.78. The number of carbonyl (C=O) groups is 1. The van der Waals surface area contributed by atoms with Crippen molar-refractivity contribution in [2.45, 2.75) is 51.0 Å². The zero-order valence-electron chi connectivity index (χ0n) is 11.9. The first kappa shape index (κ1) is 15.2. The van der Waals surface area contributed by atoms with Gasteiger partial charge in [-0.15, -0.1) is 0 Å². The van der Waals surface area contributed by atoms with Gasteiger partial charge >= 0.3 is 5.97 Å². The lowest BCUT2D eigenvalue weighted by molar-refractivity contribution is 0.0600. The Bertz CT molecular complexity index is 451. The van der Waals surface area contributed by atoms with Crippen LogP contribution in [0.15, 0.2) is 18.2 Å². The van der Waals surface area contributed by atoms with Crippen molar-refractivity contribution in [3.63, 3.8) is 0 Å². The largest absolute Gasteiger partial charge is 0.489 e. The van der Waals surface area contributed by atoms with Crippen molar-refractivity contribution in [3.05, 3.63) is 28.8 Å². The summed E-state index contributed by atoms with van der Waals surface area (Å²) in [6, 6.07) is 5.05. The summed E-state index contributed by atoms with van der Waals surface area (Å²) in [5.74, 6) is 0.272. The molecule has 1 aliphatic carbocycles. The van der Waals surface area contributed by atoms with E-state index in [0.29, 0.717) is 16.3 Å². The predicted molar refractivity (Wildman–Crippen MR) is 79.5 cm³/mol. The highest BCUT2D eigenvalue weighted by Gasteiger charge is 2.15. The van der Waals surface area contributed by atoms with E-state index in [0.717, 1.165) is 12.8 Å². The Morgan fingerprint density at radius 1 is 1.15 bits per heavy atom. The number of rotatable bonds is 3. The van der Waals surface area contributed by atoms with E-state index in [4.69, 9.17) is 16.3 Å². The molecule has 0 bridgehead atoms. The minimum absolute atomic E-state index is 0.233. The Kier molecular flexibility index (Phi) is 5.72. The van der Waals surface area contributed by atoms with Gasteiger partial charge < -0.3 is 9.47 Å². The van der Waals surface area contributed by atoms with Crippen LogP contribution in [0.25, 0.3) is 0 Å². The molecule has 1 aromatic rings. The molecule has 2 rings (SSSR count). The monoisotopic (exact) mass is 296 g/mol. The molecular formula is C16H21ClO3. The molecule has 4 heteroatoms. The van der Waals surface area contributed by atoms with Gasteiger partial charge in [0.2, 0.25) is 0 Å². The Balaban J connectivity index is 2.03. The van der Waals surface area contributed by atoms with E-state index >= 15 is 0 Å². The van der Waals surface area contributed by atoms with Gasteiger partial charge in [-0.1, -0.05) is 30.9 Å². The van der Waals surface area contributed by atoms with Crippen LogP contribution in [0.1, 0.15) is 55.3 Å². The van der Waals surface area contributed by atoms with E-state index in [1.807, 2.05) is 0 Å². The number of methoxy groups -OCH3 is 1. The average Bonchev–Trinajstić information content (AvgIpc) is 2.42. The van der Waals surface area contributed by atoms with E-state index in [-0.39, 0.29) is 12.1 Å². The van der Waals surface area contributed by atoms with Gasteiger partial charge in [-0.25, -0.2) is 4.79 Å². The molecule has 0 saturated heterocycles. The highest BCUT2D eigenvalue weighted by atomic mass is 35.5. The van der Waals surface area contributed by atoms with Gasteiger partial charge in [-0.2, -0.15) is 0 Å². The molecule has 0 amide bonds. The molecule has 110 valence electrons. The van der Waals surface area contributed by atoms with Crippen molar-refractivity contribution in [1.82, 2.24) is 0 Å². The maximum absolute atomic E-state index is 11.4. The number of hydrogen-bond acceptors (Lipinski definition) is 3. The summed E-state index contributed by atoms with van der Waals surface area (Å²) < 4.78 is 10.7. The first-order valence-electron chi connectivity index (χ1n) is 7.25. The van der Waals surface area contributed by atoms with Gasteiger partial charge in [0, 0.05) is 0 Å². The molecule has 3 nitrogen and oxygen atoms in total. The number of benzene rings is 1. The van der Waals surface area contributed by atoms with Gasteiger partial charge in [0.05, 0.1) is 23.8 Å². The molecule has 0 aromatic heterocycles. The molecule has 0 N–H and O–H groups in total. The number of ether oxygens (including phenoxy) is 2. The Morgan fingerprint density at radius 3 is 2.40 bits per heavy atom. The quantitative estimate of drug-likeness (QED) is 0.764. The smallest absolute Gasteiger partial charge is 0.337 e. The third kappa shape index (κ3) is 4.14. The molecule has 0 unspecified atom stereocenters. The minimum atomic E-state index is -0.385. The summed E-state index contributed by atoms with van der Waals surface area (Å²) in [5.41, 5.74) is 0.447. The second kappa shape index (κ2) is 7.53. The zero-order valence-corrected chi connectivity index (χ0v) is 12.6. The van der Waals surface area contributed by atoms with E-state index in [2.05, 4.69) is 4.74 Å². The molecule has 0 radical (unpaired) electrons. The molecule has 0 atom stereocenters. The van der Waals surface area contributed by atoms with Crippen LogP contribution < -0.4 is 4.74 Å². The van der Waals surface area contributed by atoms with Crippen molar-refractivity contribution >= 4 is 17.6 Å². The highest BCUT2D eigenvalue weighted by molar-refractivity contribution is 6.32.